The summed E-state index contributed by atoms with van der Waals surface area (Å²) in [6.07, 6.45) is 1.25. The number of nitrogens with zero attached hydrogens (tertiary/aromatic N) is 1. The van der Waals surface area contributed by atoms with Crippen molar-refractivity contribution in [2.45, 2.75) is 19.4 Å². The van der Waals surface area contributed by atoms with Crippen molar-refractivity contribution in [3.8, 4) is 5.75 Å². The fraction of sp³-hybridized carbons (Fsp3) is 0.571. The van der Waals surface area contributed by atoms with Crippen LogP contribution < -0.4 is 10.5 Å². The van der Waals surface area contributed by atoms with E-state index in [1.165, 1.54) is 0 Å². The summed E-state index contributed by atoms with van der Waals surface area (Å²) in [4.78, 5) is 2.42. The molecule has 18 heavy (non-hydrogen) atoms. The van der Waals surface area contributed by atoms with Gasteiger partial charge in [-0.1, -0.05) is 0 Å². The molecule has 0 radical (unpaired) electrons. The summed E-state index contributed by atoms with van der Waals surface area (Å²) in [6, 6.07) is 7.56. The highest BCUT2D eigenvalue weighted by Crippen LogP contribution is 2.16. The molecule has 0 aliphatic carbocycles. The Labute approximate surface area is 109 Å². The van der Waals surface area contributed by atoms with E-state index < -0.39 is 0 Å². The Morgan fingerprint density at radius 3 is 2.61 bits per heavy atom. The molecular weight excluding hydrogens is 228 g/mol. The summed E-state index contributed by atoms with van der Waals surface area (Å²) in [5, 5.41) is 0. The minimum atomic E-state index is 0.219. The summed E-state index contributed by atoms with van der Waals surface area (Å²) in [6.45, 7) is 6.96. The third-order valence-corrected chi connectivity index (χ3v) is 3.17. The van der Waals surface area contributed by atoms with E-state index in [0.29, 0.717) is 0 Å². The number of hydrogen-bond acceptors (Lipinski definition) is 4. The molecule has 0 spiro atoms. The van der Waals surface area contributed by atoms with Gasteiger partial charge in [-0.2, -0.15) is 0 Å². The van der Waals surface area contributed by atoms with E-state index in [1.807, 2.05) is 24.3 Å². The zero-order chi connectivity index (χ0) is 12.8. The van der Waals surface area contributed by atoms with Gasteiger partial charge >= 0.3 is 0 Å². The first-order chi connectivity index (χ1) is 8.74. The molecule has 4 heteroatoms. The molecule has 1 unspecified atom stereocenters. The Hall–Kier alpha value is -1.26. The van der Waals surface area contributed by atoms with E-state index in [-0.39, 0.29) is 6.10 Å². The van der Waals surface area contributed by atoms with Gasteiger partial charge in [-0.25, -0.2) is 0 Å². The van der Waals surface area contributed by atoms with Crippen LogP contribution in [-0.2, 0) is 4.74 Å². The average molecular weight is 250 g/mol. The predicted molar refractivity (Wildman–Crippen MR) is 72.8 cm³/mol. The Morgan fingerprint density at radius 1 is 1.28 bits per heavy atom. The second kappa shape index (κ2) is 6.61. The quantitative estimate of drug-likeness (QED) is 0.809. The molecule has 1 aliphatic heterocycles. The van der Waals surface area contributed by atoms with Crippen molar-refractivity contribution in [2.75, 3.05) is 38.6 Å². The molecule has 1 saturated heterocycles. The van der Waals surface area contributed by atoms with E-state index in [2.05, 4.69) is 11.8 Å². The van der Waals surface area contributed by atoms with Crippen LogP contribution in [0.3, 0.4) is 0 Å². The van der Waals surface area contributed by atoms with Gasteiger partial charge in [0.25, 0.3) is 0 Å². The van der Waals surface area contributed by atoms with Crippen molar-refractivity contribution < 1.29 is 9.47 Å². The van der Waals surface area contributed by atoms with Crippen molar-refractivity contribution >= 4 is 5.69 Å². The number of nitrogens with two attached hydrogens (primary N) is 1. The second-order valence-electron chi connectivity index (χ2n) is 4.74. The highest BCUT2D eigenvalue weighted by atomic mass is 16.5. The Bertz CT molecular complexity index is 347. The number of anilines is 1. The predicted octanol–water partition coefficient (Wildman–Crippen LogP) is 1.76. The van der Waals surface area contributed by atoms with E-state index in [0.717, 1.165) is 50.7 Å². The van der Waals surface area contributed by atoms with Gasteiger partial charge in [0.05, 0.1) is 19.3 Å². The molecule has 1 aliphatic rings. The minimum absolute atomic E-state index is 0.219. The SMILES string of the molecule is CC(CCN1CCOCC1)Oc1ccc(N)cc1. The lowest BCUT2D eigenvalue weighted by Crippen LogP contribution is -2.38. The topological polar surface area (TPSA) is 47.7 Å². The molecule has 4 nitrogen and oxygen atoms in total. The number of rotatable bonds is 5. The largest absolute Gasteiger partial charge is 0.491 e. The highest BCUT2D eigenvalue weighted by molar-refractivity contribution is 5.41. The maximum atomic E-state index is 5.85. The monoisotopic (exact) mass is 250 g/mol. The molecule has 1 aromatic rings. The van der Waals surface area contributed by atoms with Gasteiger partial charge in [0.2, 0.25) is 0 Å². The first-order valence-electron chi connectivity index (χ1n) is 6.56. The molecule has 1 atom stereocenters. The number of morpholine rings is 1. The van der Waals surface area contributed by atoms with Crippen molar-refractivity contribution in [2.24, 2.45) is 0 Å². The molecule has 2 N–H and O–H groups in total. The van der Waals surface area contributed by atoms with Crippen LogP contribution >= 0.6 is 0 Å². The van der Waals surface area contributed by atoms with Gasteiger partial charge < -0.3 is 15.2 Å². The molecule has 1 fully saturated rings. The smallest absolute Gasteiger partial charge is 0.119 e. The molecule has 100 valence electrons. The summed E-state index contributed by atoms with van der Waals surface area (Å²) in [5.74, 6) is 0.888. The third-order valence-electron chi connectivity index (χ3n) is 3.17. The van der Waals surface area contributed by atoms with Gasteiger partial charge in [0.15, 0.2) is 0 Å². The fourth-order valence-corrected chi connectivity index (χ4v) is 2.03. The molecule has 0 bridgehead atoms. The van der Waals surface area contributed by atoms with Crippen LogP contribution in [-0.4, -0.2) is 43.9 Å². The lowest BCUT2D eigenvalue weighted by atomic mass is 10.2. The number of ether oxygens (including phenoxy) is 2. The second-order valence-corrected chi connectivity index (χ2v) is 4.74. The summed E-state index contributed by atoms with van der Waals surface area (Å²) in [7, 11) is 0. The molecular formula is C14H22N2O2. The summed E-state index contributed by atoms with van der Waals surface area (Å²) < 4.78 is 11.2. The Balaban J connectivity index is 1.71. The third kappa shape index (κ3) is 4.20. The molecule has 1 aromatic carbocycles. The van der Waals surface area contributed by atoms with Crippen LogP contribution in [0.15, 0.2) is 24.3 Å². The average Bonchev–Trinajstić information content (AvgIpc) is 2.40. The van der Waals surface area contributed by atoms with Crippen molar-refractivity contribution in [3.05, 3.63) is 24.3 Å². The van der Waals surface area contributed by atoms with E-state index in [1.54, 1.807) is 0 Å². The lowest BCUT2D eigenvalue weighted by Gasteiger charge is -2.27. The fourth-order valence-electron chi connectivity index (χ4n) is 2.03. The summed E-state index contributed by atoms with van der Waals surface area (Å²) >= 11 is 0. The van der Waals surface area contributed by atoms with Crippen LogP contribution in [0.2, 0.25) is 0 Å². The van der Waals surface area contributed by atoms with E-state index in [4.69, 9.17) is 15.2 Å². The van der Waals surface area contributed by atoms with Gasteiger partial charge in [-0.15, -0.1) is 0 Å². The zero-order valence-electron chi connectivity index (χ0n) is 11.0. The first kappa shape index (κ1) is 13.2. The lowest BCUT2D eigenvalue weighted by molar-refractivity contribution is 0.0327. The molecule has 1 heterocycles. The normalized spacial score (nSPS) is 18.5. The Morgan fingerprint density at radius 2 is 1.94 bits per heavy atom. The summed E-state index contributed by atoms with van der Waals surface area (Å²) in [5.41, 5.74) is 6.41. The maximum Gasteiger partial charge on any atom is 0.119 e. The molecule has 0 aromatic heterocycles. The molecule has 2 rings (SSSR count). The van der Waals surface area contributed by atoms with Gasteiger partial charge in [-0.3, -0.25) is 4.90 Å². The van der Waals surface area contributed by atoms with Gasteiger partial charge in [0.1, 0.15) is 5.75 Å². The van der Waals surface area contributed by atoms with Crippen molar-refractivity contribution in [3.63, 3.8) is 0 Å². The maximum absolute atomic E-state index is 5.85. The first-order valence-corrected chi connectivity index (χ1v) is 6.56. The molecule has 0 saturated carbocycles. The van der Waals surface area contributed by atoms with Crippen molar-refractivity contribution in [1.29, 1.82) is 0 Å². The van der Waals surface area contributed by atoms with Crippen LogP contribution in [0.5, 0.6) is 5.75 Å². The van der Waals surface area contributed by atoms with Crippen molar-refractivity contribution in [1.82, 2.24) is 4.90 Å². The van der Waals surface area contributed by atoms with Gasteiger partial charge in [-0.05, 0) is 37.6 Å². The standard InChI is InChI=1S/C14H22N2O2/c1-12(6-7-16-8-10-17-11-9-16)18-14-4-2-13(15)3-5-14/h2-5,12H,6-11,15H2,1H3. The highest BCUT2D eigenvalue weighted by Gasteiger charge is 2.12. The Kier molecular flexibility index (Phi) is 4.84. The van der Waals surface area contributed by atoms with Crippen LogP contribution in [0.1, 0.15) is 13.3 Å². The zero-order valence-corrected chi connectivity index (χ0v) is 11.0. The number of benzene rings is 1. The molecule has 0 amide bonds. The van der Waals surface area contributed by atoms with Crippen LogP contribution in [0.25, 0.3) is 0 Å². The van der Waals surface area contributed by atoms with E-state index in [9.17, 15) is 0 Å². The van der Waals surface area contributed by atoms with Crippen LogP contribution in [0, 0.1) is 0 Å². The van der Waals surface area contributed by atoms with Gasteiger partial charge in [0, 0.05) is 25.3 Å². The number of nitrogen functional groups attached to an aromatic ring is 1. The van der Waals surface area contributed by atoms with E-state index >= 15 is 0 Å². The number of hydrogen-bond donors (Lipinski definition) is 1. The van der Waals surface area contributed by atoms with Crippen LogP contribution in [0.4, 0.5) is 5.69 Å². The minimum Gasteiger partial charge on any atom is -0.491 e.